The number of sulfonamides is 1. The van der Waals surface area contributed by atoms with Crippen LogP contribution in [0.15, 0.2) is 90.3 Å². The van der Waals surface area contributed by atoms with Crippen LogP contribution in [0.1, 0.15) is 16.7 Å². The fourth-order valence-electron chi connectivity index (χ4n) is 2.51. The van der Waals surface area contributed by atoms with E-state index in [4.69, 9.17) is 4.74 Å². The normalized spacial score (nSPS) is 11.6. The third-order valence-electron chi connectivity index (χ3n) is 3.96. The molecule has 0 radical (unpaired) electrons. The summed E-state index contributed by atoms with van der Waals surface area (Å²) in [5.41, 5.74) is 2.65. The average Bonchev–Trinajstić information content (AvgIpc) is 2.71. The van der Waals surface area contributed by atoms with Crippen LogP contribution in [0.4, 0.5) is 0 Å². The molecule has 0 amide bonds. The Balaban J connectivity index is 1.63. The molecule has 5 heteroatoms. The number of nitrogens with one attached hydrogen (secondary N) is 1. The minimum Gasteiger partial charge on any atom is -0.489 e. The molecule has 0 aliphatic carbocycles. The largest absolute Gasteiger partial charge is 0.489 e. The Bertz CT molecular complexity index is 984. The molecule has 0 spiro atoms. The van der Waals surface area contributed by atoms with E-state index in [0.717, 1.165) is 22.4 Å². The Hall–Kier alpha value is -2.89. The summed E-state index contributed by atoms with van der Waals surface area (Å²) in [6, 6.07) is 26.5. The summed E-state index contributed by atoms with van der Waals surface area (Å²) in [6.45, 7) is 0.581. The molecule has 0 fully saturated rings. The number of rotatable bonds is 8. The van der Waals surface area contributed by atoms with E-state index in [-0.39, 0.29) is 6.54 Å². The Labute approximate surface area is 160 Å². The molecule has 3 aromatic carbocycles. The van der Waals surface area contributed by atoms with Crippen LogP contribution in [-0.4, -0.2) is 8.42 Å². The first-order valence-corrected chi connectivity index (χ1v) is 10.1. The van der Waals surface area contributed by atoms with E-state index < -0.39 is 10.0 Å². The quantitative estimate of drug-likeness (QED) is 0.633. The van der Waals surface area contributed by atoms with Gasteiger partial charge in [0.25, 0.3) is 0 Å². The van der Waals surface area contributed by atoms with Crippen molar-refractivity contribution in [2.75, 3.05) is 0 Å². The van der Waals surface area contributed by atoms with Crippen molar-refractivity contribution < 1.29 is 13.2 Å². The standard InChI is InChI=1S/C22H21NO3S/c24-27(25,16-15-19-9-3-1-4-10-19)23-17-20-11-7-8-12-21(20)18-26-22-13-5-2-6-14-22/h1-16,23H,17-18H2/b16-15+. The van der Waals surface area contributed by atoms with Crippen LogP contribution < -0.4 is 9.46 Å². The maximum atomic E-state index is 12.2. The summed E-state index contributed by atoms with van der Waals surface area (Å²) >= 11 is 0. The van der Waals surface area contributed by atoms with Gasteiger partial charge in [0.05, 0.1) is 0 Å². The molecule has 3 rings (SSSR count). The lowest BCUT2D eigenvalue weighted by Gasteiger charge is -2.11. The number of ether oxygens (including phenoxy) is 1. The van der Waals surface area contributed by atoms with Gasteiger partial charge in [-0.05, 0) is 34.9 Å². The summed E-state index contributed by atoms with van der Waals surface area (Å²) in [6.07, 6.45) is 1.58. The molecular weight excluding hydrogens is 358 g/mol. The van der Waals surface area contributed by atoms with Crippen molar-refractivity contribution in [1.82, 2.24) is 4.72 Å². The van der Waals surface area contributed by atoms with Crippen molar-refractivity contribution in [3.05, 3.63) is 107 Å². The molecule has 0 saturated heterocycles. The summed E-state index contributed by atoms with van der Waals surface area (Å²) < 4.78 is 32.9. The van der Waals surface area contributed by atoms with Gasteiger partial charge in [0.1, 0.15) is 12.4 Å². The van der Waals surface area contributed by atoms with Crippen molar-refractivity contribution in [1.29, 1.82) is 0 Å². The van der Waals surface area contributed by atoms with Crippen LogP contribution in [0, 0.1) is 0 Å². The topological polar surface area (TPSA) is 55.4 Å². The van der Waals surface area contributed by atoms with Gasteiger partial charge < -0.3 is 4.74 Å². The Morgan fingerprint density at radius 1 is 0.778 bits per heavy atom. The fourth-order valence-corrected chi connectivity index (χ4v) is 3.30. The Morgan fingerprint density at radius 2 is 1.37 bits per heavy atom. The summed E-state index contributed by atoms with van der Waals surface area (Å²) in [5.74, 6) is 0.777. The summed E-state index contributed by atoms with van der Waals surface area (Å²) in [7, 11) is -3.53. The highest BCUT2D eigenvalue weighted by atomic mass is 32.2. The highest BCUT2D eigenvalue weighted by Gasteiger charge is 2.08. The van der Waals surface area contributed by atoms with Gasteiger partial charge in [-0.25, -0.2) is 13.1 Å². The van der Waals surface area contributed by atoms with Gasteiger partial charge in [0.15, 0.2) is 0 Å². The van der Waals surface area contributed by atoms with Crippen molar-refractivity contribution in [3.8, 4) is 5.75 Å². The predicted molar refractivity (Wildman–Crippen MR) is 108 cm³/mol. The molecule has 3 aromatic rings. The van der Waals surface area contributed by atoms with E-state index >= 15 is 0 Å². The maximum Gasteiger partial charge on any atom is 0.234 e. The molecule has 0 heterocycles. The summed E-state index contributed by atoms with van der Waals surface area (Å²) in [5, 5.41) is 1.19. The van der Waals surface area contributed by atoms with Crippen LogP contribution in [0.5, 0.6) is 5.75 Å². The van der Waals surface area contributed by atoms with E-state index in [1.165, 1.54) is 5.41 Å². The smallest absolute Gasteiger partial charge is 0.234 e. The maximum absolute atomic E-state index is 12.2. The van der Waals surface area contributed by atoms with Gasteiger partial charge in [0.2, 0.25) is 10.0 Å². The molecule has 27 heavy (non-hydrogen) atoms. The number of hydrogen-bond donors (Lipinski definition) is 1. The third kappa shape index (κ3) is 6.09. The second-order valence-electron chi connectivity index (χ2n) is 5.95. The van der Waals surface area contributed by atoms with Gasteiger partial charge in [0, 0.05) is 12.0 Å². The molecule has 0 aromatic heterocycles. The molecule has 0 saturated carbocycles. The molecule has 138 valence electrons. The van der Waals surface area contributed by atoms with Gasteiger partial charge in [-0.1, -0.05) is 72.8 Å². The lowest BCUT2D eigenvalue weighted by Crippen LogP contribution is -2.21. The lowest BCUT2D eigenvalue weighted by molar-refractivity contribution is 0.305. The number of hydrogen-bond acceptors (Lipinski definition) is 3. The first kappa shape index (κ1) is 18.9. The van der Waals surface area contributed by atoms with Crippen molar-refractivity contribution in [2.45, 2.75) is 13.2 Å². The van der Waals surface area contributed by atoms with Gasteiger partial charge >= 0.3 is 0 Å². The molecule has 4 nitrogen and oxygen atoms in total. The first-order valence-electron chi connectivity index (χ1n) is 8.60. The highest BCUT2D eigenvalue weighted by Crippen LogP contribution is 2.15. The summed E-state index contributed by atoms with van der Waals surface area (Å²) in [4.78, 5) is 0. The van der Waals surface area contributed by atoms with Crippen LogP contribution in [0.25, 0.3) is 6.08 Å². The van der Waals surface area contributed by atoms with Crippen LogP contribution in [0.3, 0.4) is 0 Å². The molecule has 1 N–H and O–H groups in total. The third-order valence-corrected chi connectivity index (χ3v) is 5.00. The van der Waals surface area contributed by atoms with E-state index in [1.54, 1.807) is 6.08 Å². The van der Waals surface area contributed by atoms with Gasteiger partial charge in [-0.2, -0.15) is 0 Å². The molecule has 0 atom stereocenters. The average molecular weight is 379 g/mol. The second kappa shape index (κ2) is 9.16. The minimum absolute atomic E-state index is 0.204. The molecule has 0 unspecified atom stereocenters. The zero-order valence-corrected chi connectivity index (χ0v) is 15.6. The molecule has 0 aliphatic rings. The molecular formula is C22H21NO3S. The van der Waals surface area contributed by atoms with Gasteiger partial charge in [-0.3, -0.25) is 0 Å². The zero-order valence-electron chi connectivity index (χ0n) is 14.8. The number of benzene rings is 3. The second-order valence-corrected chi connectivity index (χ2v) is 7.60. The van der Waals surface area contributed by atoms with E-state index in [2.05, 4.69) is 4.72 Å². The van der Waals surface area contributed by atoms with E-state index in [1.807, 2.05) is 84.9 Å². The Morgan fingerprint density at radius 3 is 2.07 bits per heavy atom. The SMILES string of the molecule is O=S(=O)(/C=C/c1ccccc1)NCc1ccccc1COc1ccccc1. The van der Waals surface area contributed by atoms with Crippen LogP contribution in [-0.2, 0) is 23.2 Å². The highest BCUT2D eigenvalue weighted by molar-refractivity contribution is 7.92. The molecule has 0 aliphatic heterocycles. The lowest BCUT2D eigenvalue weighted by atomic mass is 10.1. The van der Waals surface area contributed by atoms with Gasteiger partial charge in [-0.15, -0.1) is 0 Å². The van der Waals surface area contributed by atoms with Crippen molar-refractivity contribution in [3.63, 3.8) is 0 Å². The minimum atomic E-state index is -3.53. The van der Waals surface area contributed by atoms with E-state index in [9.17, 15) is 8.42 Å². The zero-order chi connectivity index (χ0) is 19.0. The van der Waals surface area contributed by atoms with Crippen molar-refractivity contribution in [2.24, 2.45) is 0 Å². The predicted octanol–water partition coefficient (Wildman–Crippen LogP) is 4.36. The van der Waals surface area contributed by atoms with Crippen LogP contribution >= 0.6 is 0 Å². The number of para-hydroxylation sites is 1. The van der Waals surface area contributed by atoms with Crippen LogP contribution in [0.2, 0.25) is 0 Å². The monoisotopic (exact) mass is 379 g/mol. The first-order chi connectivity index (χ1) is 13.1. The van der Waals surface area contributed by atoms with E-state index in [0.29, 0.717) is 6.61 Å². The van der Waals surface area contributed by atoms with Crippen molar-refractivity contribution >= 4 is 16.1 Å². The molecule has 0 bridgehead atoms. The fraction of sp³-hybridized carbons (Fsp3) is 0.0909. The Kier molecular flexibility index (Phi) is 6.41.